The summed E-state index contributed by atoms with van der Waals surface area (Å²) in [6.07, 6.45) is 1.95. The summed E-state index contributed by atoms with van der Waals surface area (Å²) in [5.41, 5.74) is -0.623. The number of aromatic nitrogens is 2. The molecule has 90 valence electrons. The van der Waals surface area contributed by atoms with Gasteiger partial charge < -0.3 is 10.4 Å². The predicted octanol–water partition coefficient (Wildman–Crippen LogP) is 1.26. The second kappa shape index (κ2) is 5.25. The molecular weight excluding hydrogens is 220 g/mol. The lowest BCUT2D eigenvalue weighted by Gasteiger charge is -2.23. The number of anilines is 1. The van der Waals surface area contributed by atoms with Gasteiger partial charge in [0.2, 0.25) is 5.95 Å². The van der Waals surface area contributed by atoms with E-state index in [9.17, 15) is 4.79 Å². The molecule has 6 nitrogen and oxygen atoms in total. The zero-order valence-electron chi connectivity index (χ0n) is 9.77. The van der Waals surface area contributed by atoms with E-state index in [1.807, 2.05) is 13.0 Å². The van der Waals surface area contributed by atoms with Gasteiger partial charge in [-0.1, -0.05) is 6.92 Å². The number of hydrogen-bond donors (Lipinski definition) is 2. The molecule has 0 aliphatic rings. The largest absolute Gasteiger partial charge is 0.481 e. The van der Waals surface area contributed by atoms with E-state index in [2.05, 4.69) is 15.3 Å². The third-order valence-electron chi connectivity index (χ3n) is 2.70. The van der Waals surface area contributed by atoms with Gasteiger partial charge in [0, 0.05) is 12.7 Å². The molecule has 1 aromatic rings. The summed E-state index contributed by atoms with van der Waals surface area (Å²) in [6.45, 7) is 3.67. The predicted molar refractivity (Wildman–Crippen MR) is 61.3 cm³/mol. The molecular formula is C11H14N4O2. The van der Waals surface area contributed by atoms with Crippen LogP contribution >= 0.6 is 0 Å². The summed E-state index contributed by atoms with van der Waals surface area (Å²) >= 11 is 0. The Hall–Kier alpha value is -2.16. The van der Waals surface area contributed by atoms with Gasteiger partial charge in [-0.05, 0) is 19.4 Å². The van der Waals surface area contributed by atoms with E-state index in [1.165, 1.54) is 12.3 Å². The SMILES string of the molecule is CCC(C)(CNc1nccc(C#N)n1)C(=O)O. The number of aliphatic carboxylic acids is 1. The molecule has 1 heterocycles. The fraction of sp³-hybridized carbons (Fsp3) is 0.455. The normalized spacial score (nSPS) is 13.5. The van der Waals surface area contributed by atoms with Crippen LogP contribution in [0.15, 0.2) is 12.3 Å². The Bertz CT molecular complexity index is 455. The Kier molecular flexibility index (Phi) is 3.99. The Labute approximate surface area is 99.3 Å². The molecule has 1 rings (SSSR count). The van der Waals surface area contributed by atoms with Gasteiger partial charge in [-0.3, -0.25) is 4.79 Å². The van der Waals surface area contributed by atoms with Crippen LogP contribution in [0.2, 0.25) is 0 Å². The van der Waals surface area contributed by atoms with Gasteiger partial charge in [0.05, 0.1) is 5.41 Å². The lowest BCUT2D eigenvalue weighted by Crippen LogP contribution is -2.34. The maximum absolute atomic E-state index is 11.1. The van der Waals surface area contributed by atoms with E-state index in [0.29, 0.717) is 6.42 Å². The van der Waals surface area contributed by atoms with Gasteiger partial charge in [-0.25, -0.2) is 9.97 Å². The fourth-order valence-corrected chi connectivity index (χ4v) is 1.13. The van der Waals surface area contributed by atoms with Crippen LogP contribution in [0.3, 0.4) is 0 Å². The van der Waals surface area contributed by atoms with Crippen LogP contribution in [0.5, 0.6) is 0 Å². The molecule has 0 spiro atoms. The molecule has 0 saturated heterocycles. The molecule has 17 heavy (non-hydrogen) atoms. The number of carboxylic acids is 1. The molecule has 0 aliphatic heterocycles. The van der Waals surface area contributed by atoms with Crippen LogP contribution < -0.4 is 5.32 Å². The van der Waals surface area contributed by atoms with Crippen LogP contribution in [-0.2, 0) is 4.79 Å². The number of carboxylic acid groups (broad SMARTS) is 1. The standard InChI is InChI=1S/C11H14N4O2/c1-3-11(2,9(16)17)7-14-10-13-5-4-8(6-12)15-10/h4-5H,3,7H2,1-2H3,(H,16,17)(H,13,14,15). The summed E-state index contributed by atoms with van der Waals surface area (Å²) in [5, 5.41) is 20.6. The van der Waals surface area contributed by atoms with E-state index >= 15 is 0 Å². The van der Waals surface area contributed by atoms with E-state index in [-0.39, 0.29) is 18.2 Å². The highest BCUT2D eigenvalue weighted by Gasteiger charge is 2.30. The molecule has 0 fully saturated rings. The van der Waals surface area contributed by atoms with Gasteiger partial charge >= 0.3 is 5.97 Å². The van der Waals surface area contributed by atoms with Crippen LogP contribution in [-0.4, -0.2) is 27.6 Å². The van der Waals surface area contributed by atoms with Crippen molar-refractivity contribution >= 4 is 11.9 Å². The van der Waals surface area contributed by atoms with Crippen molar-refractivity contribution in [2.75, 3.05) is 11.9 Å². The minimum absolute atomic E-state index is 0.216. The molecule has 1 atom stereocenters. The van der Waals surface area contributed by atoms with Crippen molar-refractivity contribution in [1.82, 2.24) is 9.97 Å². The van der Waals surface area contributed by atoms with Crippen LogP contribution in [0, 0.1) is 16.7 Å². The molecule has 1 aromatic heterocycles. The maximum atomic E-state index is 11.1. The minimum Gasteiger partial charge on any atom is -0.481 e. The molecule has 0 amide bonds. The summed E-state index contributed by atoms with van der Waals surface area (Å²) in [5.74, 6) is -0.603. The van der Waals surface area contributed by atoms with Crippen LogP contribution in [0.1, 0.15) is 26.0 Å². The van der Waals surface area contributed by atoms with Crippen LogP contribution in [0.25, 0.3) is 0 Å². The van der Waals surface area contributed by atoms with Crippen molar-refractivity contribution < 1.29 is 9.90 Å². The van der Waals surface area contributed by atoms with Crippen molar-refractivity contribution in [2.24, 2.45) is 5.41 Å². The molecule has 2 N–H and O–H groups in total. The lowest BCUT2D eigenvalue weighted by atomic mass is 9.88. The summed E-state index contributed by atoms with van der Waals surface area (Å²) in [7, 11) is 0. The molecule has 0 bridgehead atoms. The molecule has 6 heteroatoms. The van der Waals surface area contributed by atoms with Gasteiger partial charge in [0.1, 0.15) is 11.8 Å². The quantitative estimate of drug-likeness (QED) is 0.795. The lowest BCUT2D eigenvalue weighted by molar-refractivity contribution is -0.147. The second-order valence-electron chi connectivity index (χ2n) is 3.95. The van der Waals surface area contributed by atoms with Crippen LogP contribution in [0.4, 0.5) is 5.95 Å². The topological polar surface area (TPSA) is 98.9 Å². The highest BCUT2D eigenvalue weighted by Crippen LogP contribution is 2.21. The summed E-state index contributed by atoms with van der Waals surface area (Å²) in [4.78, 5) is 18.9. The molecule has 0 radical (unpaired) electrons. The highest BCUT2D eigenvalue weighted by atomic mass is 16.4. The van der Waals surface area contributed by atoms with E-state index in [4.69, 9.17) is 10.4 Å². The number of hydrogen-bond acceptors (Lipinski definition) is 5. The second-order valence-corrected chi connectivity index (χ2v) is 3.95. The maximum Gasteiger partial charge on any atom is 0.311 e. The Balaban J connectivity index is 2.73. The van der Waals surface area contributed by atoms with E-state index in [0.717, 1.165) is 0 Å². The fourth-order valence-electron chi connectivity index (χ4n) is 1.13. The Morgan fingerprint density at radius 1 is 1.71 bits per heavy atom. The third kappa shape index (κ3) is 3.14. The monoisotopic (exact) mass is 234 g/mol. The molecule has 0 aliphatic carbocycles. The first-order valence-corrected chi connectivity index (χ1v) is 5.22. The molecule has 0 saturated carbocycles. The highest BCUT2D eigenvalue weighted by molar-refractivity contribution is 5.74. The first-order valence-electron chi connectivity index (χ1n) is 5.22. The van der Waals surface area contributed by atoms with Gasteiger partial charge in [0.15, 0.2) is 0 Å². The van der Waals surface area contributed by atoms with E-state index in [1.54, 1.807) is 6.92 Å². The Morgan fingerprint density at radius 2 is 2.41 bits per heavy atom. The van der Waals surface area contributed by atoms with Crippen molar-refractivity contribution in [3.63, 3.8) is 0 Å². The first-order chi connectivity index (χ1) is 8.01. The van der Waals surface area contributed by atoms with Crippen molar-refractivity contribution in [3.8, 4) is 6.07 Å². The average molecular weight is 234 g/mol. The smallest absolute Gasteiger partial charge is 0.311 e. The zero-order chi connectivity index (χ0) is 12.9. The average Bonchev–Trinajstić information content (AvgIpc) is 2.36. The third-order valence-corrected chi connectivity index (χ3v) is 2.70. The van der Waals surface area contributed by atoms with Crippen molar-refractivity contribution in [2.45, 2.75) is 20.3 Å². The number of carbonyl (C=O) groups is 1. The summed E-state index contributed by atoms with van der Waals surface area (Å²) < 4.78 is 0. The number of nitrogens with zero attached hydrogens (tertiary/aromatic N) is 3. The van der Waals surface area contributed by atoms with E-state index < -0.39 is 11.4 Å². The Morgan fingerprint density at radius 3 is 2.94 bits per heavy atom. The number of nitriles is 1. The summed E-state index contributed by atoms with van der Waals surface area (Å²) in [6, 6.07) is 3.38. The van der Waals surface area contributed by atoms with Crippen molar-refractivity contribution in [1.29, 1.82) is 5.26 Å². The molecule has 0 aromatic carbocycles. The number of rotatable bonds is 5. The molecule has 1 unspecified atom stereocenters. The van der Waals surface area contributed by atoms with Gasteiger partial charge in [-0.15, -0.1) is 0 Å². The zero-order valence-corrected chi connectivity index (χ0v) is 9.77. The van der Waals surface area contributed by atoms with Gasteiger partial charge in [0.25, 0.3) is 0 Å². The van der Waals surface area contributed by atoms with Crippen molar-refractivity contribution in [3.05, 3.63) is 18.0 Å². The minimum atomic E-state index is -0.871. The first kappa shape index (κ1) is 12.9. The van der Waals surface area contributed by atoms with Gasteiger partial charge in [-0.2, -0.15) is 5.26 Å². The number of nitrogens with one attached hydrogen (secondary N) is 1.